The fourth-order valence-electron chi connectivity index (χ4n) is 2.08. The van der Waals surface area contributed by atoms with Gasteiger partial charge in [-0.15, -0.1) is 0 Å². The highest BCUT2D eigenvalue weighted by Gasteiger charge is 2.13. The van der Waals surface area contributed by atoms with Gasteiger partial charge in [-0.1, -0.05) is 30.1 Å². The second kappa shape index (κ2) is 5.68. The fraction of sp³-hybridized carbons (Fsp3) is 0.214. The number of carboxylic acid groups (broad SMARTS) is 1. The van der Waals surface area contributed by atoms with Crippen LogP contribution in [0.2, 0.25) is 10.2 Å². The van der Waals surface area contributed by atoms with Crippen molar-refractivity contribution in [2.45, 2.75) is 19.9 Å². The normalized spacial score (nSPS) is 11.5. The molecule has 0 atom stereocenters. The van der Waals surface area contributed by atoms with Crippen molar-refractivity contribution in [2.24, 2.45) is 0 Å². The number of aromatic nitrogens is 1. The molecule has 0 amide bonds. The predicted molar refractivity (Wildman–Crippen MR) is 78.9 cm³/mol. The minimum absolute atomic E-state index is 0.539. The Morgan fingerprint density at radius 1 is 1.42 bits per heavy atom. The monoisotopic (exact) mass is 297 g/mol. The molecule has 0 spiro atoms. The molecule has 1 aromatic heterocycles. The van der Waals surface area contributed by atoms with Crippen molar-refractivity contribution in [3.8, 4) is 0 Å². The van der Waals surface area contributed by atoms with Crippen LogP contribution in [0.5, 0.6) is 0 Å². The van der Waals surface area contributed by atoms with E-state index in [4.69, 9.17) is 28.3 Å². The Hall–Kier alpha value is -1.45. The molecular formula is C14H13Cl2NO2. The molecule has 3 nitrogen and oxygen atoms in total. The van der Waals surface area contributed by atoms with Gasteiger partial charge in [-0.25, -0.2) is 4.79 Å². The number of aryl methyl sites for hydroxylation is 1. The lowest BCUT2D eigenvalue weighted by molar-refractivity contribution is -0.131. The standard InChI is InChI=1S/C14H13Cl2NO2/c1-2-7-17-12-5-3-9(15)8-11(12)10(14(17)16)4-6-13(18)19/h3-6,8H,2,7H2,1H3,(H,18,19)/b6-4+. The smallest absolute Gasteiger partial charge is 0.328 e. The van der Waals surface area contributed by atoms with Gasteiger partial charge in [0.05, 0.1) is 0 Å². The summed E-state index contributed by atoms with van der Waals surface area (Å²) < 4.78 is 1.97. The first-order chi connectivity index (χ1) is 9.04. The summed E-state index contributed by atoms with van der Waals surface area (Å²) in [4.78, 5) is 10.7. The molecule has 0 saturated heterocycles. The maximum atomic E-state index is 10.7. The van der Waals surface area contributed by atoms with Crippen LogP contribution in [0.3, 0.4) is 0 Å². The van der Waals surface area contributed by atoms with Crippen LogP contribution in [-0.4, -0.2) is 15.6 Å². The molecule has 0 radical (unpaired) electrons. The number of carboxylic acids is 1. The van der Waals surface area contributed by atoms with E-state index >= 15 is 0 Å². The number of benzene rings is 1. The number of fused-ring (bicyclic) bond motifs is 1. The number of carbonyl (C=O) groups is 1. The maximum absolute atomic E-state index is 10.7. The fourth-order valence-corrected chi connectivity index (χ4v) is 2.59. The van der Waals surface area contributed by atoms with Gasteiger partial charge in [-0.3, -0.25) is 0 Å². The van der Waals surface area contributed by atoms with Gasteiger partial charge in [0.25, 0.3) is 0 Å². The van der Waals surface area contributed by atoms with Crippen molar-refractivity contribution >= 4 is 46.2 Å². The summed E-state index contributed by atoms with van der Waals surface area (Å²) in [5, 5.41) is 10.7. The number of rotatable bonds is 4. The molecule has 0 saturated carbocycles. The Kier molecular flexibility index (Phi) is 4.17. The molecule has 0 aliphatic rings. The van der Waals surface area contributed by atoms with Crippen molar-refractivity contribution in [1.82, 2.24) is 4.57 Å². The molecule has 1 heterocycles. The average Bonchev–Trinajstić information content (AvgIpc) is 2.60. The van der Waals surface area contributed by atoms with Crippen LogP contribution >= 0.6 is 23.2 Å². The first-order valence-corrected chi connectivity index (χ1v) is 6.68. The molecule has 100 valence electrons. The number of hydrogen-bond acceptors (Lipinski definition) is 1. The average molecular weight is 298 g/mol. The molecule has 5 heteroatoms. The highest BCUT2D eigenvalue weighted by atomic mass is 35.5. The van der Waals surface area contributed by atoms with E-state index in [1.165, 1.54) is 6.08 Å². The number of halogens is 2. The Morgan fingerprint density at radius 2 is 2.16 bits per heavy atom. The second-order valence-corrected chi connectivity index (χ2v) is 4.98. The molecular weight excluding hydrogens is 285 g/mol. The first kappa shape index (κ1) is 14.0. The molecule has 2 rings (SSSR count). The van der Waals surface area contributed by atoms with Gasteiger partial charge in [0.2, 0.25) is 0 Å². The zero-order valence-electron chi connectivity index (χ0n) is 10.4. The maximum Gasteiger partial charge on any atom is 0.328 e. The SMILES string of the molecule is CCCn1c(Cl)c(/C=C/C(=O)O)c2cc(Cl)ccc21. The lowest BCUT2D eigenvalue weighted by atomic mass is 10.1. The predicted octanol–water partition coefficient (Wildman–Crippen LogP) is 4.46. The third-order valence-electron chi connectivity index (χ3n) is 2.84. The topological polar surface area (TPSA) is 42.2 Å². The van der Waals surface area contributed by atoms with Gasteiger partial charge in [0, 0.05) is 34.1 Å². The third-order valence-corrected chi connectivity index (χ3v) is 3.48. The minimum Gasteiger partial charge on any atom is -0.478 e. The van der Waals surface area contributed by atoms with Crippen LogP contribution in [0.15, 0.2) is 24.3 Å². The van der Waals surface area contributed by atoms with Crippen LogP contribution in [0, 0.1) is 0 Å². The molecule has 1 aromatic carbocycles. The summed E-state index contributed by atoms with van der Waals surface area (Å²) in [6, 6.07) is 5.50. The molecule has 1 N–H and O–H groups in total. The van der Waals surface area contributed by atoms with Gasteiger partial charge in [0.1, 0.15) is 5.15 Å². The van der Waals surface area contributed by atoms with E-state index in [2.05, 4.69) is 6.92 Å². The van der Waals surface area contributed by atoms with E-state index in [-0.39, 0.29) is 0 Å². The zero-order valence-corrected chi connectivity index (χ0v) is 11.9. The van der Waals surface area contributed by atoms with Crippen molar-refractivity contribution in [3.63, 3.8) is 0 Å². The Balaban J connectivity index is 2.70. The second-order valence-electron chi connectivity index (χ2n) is 4.19. The van der Waals surface area contributed by atoms with E-state index < -0.39 is 5.97 Å². The van der Waals surface area contributed by atoms with E-state index in [0.29, 0.717) is 15.7 Å². The van der Waals surface area contributed by atoms with Crippen LogP contribution in [-0.2, 0) is 11.3 Å². The Morgan fingerprint density at radius 3 is 2.79 bits per heavy atom. The van der Waals surface area contributed by atoms with Crippen LogP contribution in [0.1, 0.15) is 18.9 Å². The highest BCUT2D eigenvalue weighted by molar-refractivity contribution is 6.34. The molecule has 0 aliphatic heterocycles. The summed E-state index contributed by atoms with van der Waals surface area (Å²) in [6.07, 6.45) is 3.53. The van der Waals surface area contributed by atoms with Crippen LogP contribution in [0.25, 0.3) is 17.0 Å². The lowest BCUT2D eigenvalue weighted by Crippen LogP contribution is -1.96. The van der Waals surface area contributed by atoms with Crippen molar-refractivity contribution in [3.05, 3.63) is 40.0 Å². The van der Waals surface area contributed by atoms with Crippen LogP contribution in [0.4, 0.5) is 0 Å². The Labute approximate surface area is 121 Å². The van der Waals surface area contributed by atoms with Gasteiger partial charge < -0.3 is 9.67 Å². The summed E-state index contributed by atoms with van der Waals surface area (Å²) in [5.41, 5.74) is 1.65. The number of nitrogens with zero attached hydrogens (tertiary/aromatic N) is 1. The molecule has 2 aromatic rings. The van der Waals surface area contributed by atoms with E-state index in [0.717, 1.165) is 29.9 Å². The van der Waals surface area contributed by atoms with E-state index in [1.807, 2.05) is 10.6 Å². The van der Waals surface area contributed by atoms with Gasteiger partial charge in [-0.2, -0.15) is 0 Å². The summed E-state index contributed by atoms with van der Waals surface area (Å²) in [7, 11) is 0. The van der Waals surface area contributed by atoms with Gasteiger partial charge >= 0.3 is 5.97 Å². The quantitative estimate of drug-likeness (QED) is 0.847. The number of aliphatic carboxylic acids is 1. The van der Waals surface area contributed by atoms with Crippen LogP contribution < -0.4 is 0 Å². The molecule has 0 aliphatic carbocycles. The van der Waals surface area contributed by atoms with Gasteiger partial charge in [0.15, 0.2) is 0 Å². The summed E-state index contributed by atoms with van der Waals surface area (Å²) in [6.45, 7) is 2.84. The highest BCUT2D eigenvalue weighted by Crippen LogP contribution is 2.33. The third kappa shape index (κ3) is 2.77. The summed E-state index contributed by atoms with van der Waals surface area (Å²) in [5.74, 6) is -1.01. The van der Waals surface area contributed by atoms with Crippen molar-refractivity contribution in [1.29, 1.82) is 0 Å². The summed E-state index contributed by atoms with van der Waals surface area (Å²) >= 11 is 12.3. The minimum atomic E-state index is -1.01. The molecule has 0 unspecified atom stereocenters. The van der Waals surface area contributed by atoms with Crippen molar-refractivity contribution < 1.29 is 9.90 Å². The van der Waals surface area contributed by atoms with E-state index in [1.54, 1.807) is 12.1 Å². The lowest BCUT2D eigenvalue weighted by Gasteiger charge is -2.04. The molecule has 19 heavy (non-hydrogen) atoms. The molecule has 0 bridgehead atoms. The zero-order chi connectivity index (χ0) is 14.0. The van der Waals surface area contributed by atoms with Gasteiger partial charge in [-0.05, 0) is 30.7 Å². The number of hydrogen-bond donors (Lipinski definition) is 1. The van der Waals surface area contributed by atoms with E-state index in [9.17, 15) is 4.79 Å². The first-order valence-electron chi connectivity index (χ1n) is 5.92. The van der Waals surface area contributed by atoms with Crippen molar-refractivity contribution in [2.75, 3.05) is 0 Å². The Bertz CT molecular complexity index is 659. The largest absolute Gasteiger partial charge is 0.478 e. The molecule has 0 fully saturated rings.